The summed E-state index contributed by atoms with van der Waals surface area (Å²) in [6.07, 6.45) is 5.48. The van der Waals surface area contributed by atoms with Gasteiger partial charge in [0.05, 0.1) is 5.92 Å². The summed E-state index contributed by atoms with van der Waals surface area (Å²) in [4.78, 5) is 16.1. The van der Waals surface area contributed by atoms with Crippen molar-refractivity contribution in [1.82, 2.24) is 10.1 Å². The van der Waals surface area contributed by atoms with Crippen LogP contribution in [0.5, 0.6) is 0 Å². The maximum atomic E-state index is 11.8. The third-order valence-electron chi connectivity index (χ3n) is 3.53. The molecule has 5 nitrogen and oxygen atoms in total. The van der Waals surface area contributed by atoms with Gasteiger partial charge >= 0.3 is 0 Å². The highest BCUT2D eigenvalue weighted by molar-refractivity contribution is 5.85. The number of rotatable bonds is 2. The van der Waals surface area contributed by atoms with Crippen molar-refractivity contribution >= 4 is 5.78 Å². The topological polar surface area (TPSA) is 65.2 Å². The van der Waals surface area contributed by atoms with Gasteiger partial charge < -0.3 is 9.26 Å². The number of ketones is 1. The molecule has 17 heavy (non-hydrogen) atoms. The zero-order chi connectivity index (χ0) is 11.7. The van der Waals surface area contributed by atoms with E-state index in [0.29, 0.717) is 18.1 Å². The molecule has 1 saturated heterocycles. The van der Waals surface area contributed by atoms with Crippen LogP contribution in [-0.2, 0) is 9.53 Å². The van der Waals surface area contributed by atoms with E-state index >= 15 is 0 Å². The van der Waals surface area contributed by atoms with Crippen molar-refractivity contribution in [2.45, 2.75) is 50.5 Å². The van der Waals surface area contributed by atoms with Crippen molar-refractivity contribution < 1.29 is 14.1 Å². The standard InChI is InChI=1S/C12H16N2O3/c15-9-5-2-1-4-8(9)12-13-11(14-17-12)10-6-3-7-16-10/h8,10H,1-7H2. The monoisotopic (exact) mass is 236 g/mol. The molecule has 2 fully saturated rings. The Labute approximate surface area is 99.5 Å². The Hall–Kier alpha value is -1.23. The van der Waals surface area contributed by atoms with Gasteiger partial charge in [-0.15, -0.1) is 0 Å². The van der Waals surface area contributed by atoms with E-state index in [9.17, 15) is 4.79 Å². The van der Waals surface area contributed by atoms with Crippen LogP contribution in [0.15, 0.2) is 4.52 Å². The van der Waals surface area contributed by atoms with Gasteiger partial charge in [-0.05, 0) is 25.7 Å². The molecule has 2 aliphatic rings. The predicted molar refractivity (Wildman–Crippen MR) is 58.4 cm³/mol. The molecule has 2 unspecified atom stereocenters. The van der Waals surface area contributed by atoms with E-state index in [0.717, 1.165) is 38.7 Å². The van der Waals surface area contributed by atoms with Gasteiger partial charge in [-0.25, -0.2) is 0 Å². The highest BCUT2D eigenvalue weighted by Crippen LogP contribution is 2.31. The summed E-state index contributed by atoms with van der Waals surface area (Å²) in [7, 11) is 0. The second kappa shape index (κ2) is 4.56. The molecule has 3 rings (SSSR count). The largest absolute Gasteiger partial charge is 0.370 e. The second-order valence-electron chi connectivity index (χ2n) is 4.76. The molecule has 1 aliphatic heterocycles. The quantitative estimate of drug-likeness (QED) is 0.787. The average Bonchev–Trinajstić information content (AvgIpc) is 3.00. The Kier molecular flexibility index (Phi) is 2.93. The number of ether oxygens (including phenoxy) is 1. The third kappa shape index (κ3) is 2.11. The van der Waals surface area contributed by atoms with Crippen molar-refractivity contribution in [3.63, 3.8) is 0 Å². The van der Waals surface area contributed by atoms with E-state index in [1.165, 1.54) is 0 Å². The van der Waals surface area contributed by atoms with E-state index in [1.807, 2.05) is 0 Å². The first-order valence-electron chi connectivity index (χ1n) is 6.32. The van der Waals surface area contributed by atoms with Crippen LogP contribution in [-0.4, -0.2) is 22.5 Å². The summed E-state index contributed by atoms with van der Waals surface area (Å²) in [5.41, 5.74) is 0. The molecule has 1 aromatic rings. The molecular weight excluding hydrogens is 220 g/mol. The van der Waals surface area contributed by atoms with Gasteiger partial charge in [0.15, 0.2) is 0 Å². The molecule has 0 bridgehead atoms. The summed E-state index contributed by atoms with van der Waals surface area (Å²) >= 11 is 0. The highest BCUT2D eigenvalue weighted by atomic mass is 16.5. The summed E-state index contributed by atoms with van der Waals surface area (Å²) in [5, 5.41) is 3.94. The number of carbonyl (C=O) groups is 1. The van der Waals surface area contributed by atoms with Crippen LogP contribution in [0, 0.1) is 0 Å². The van der Waals surface area contributed by atoms with E-state index < -0.39 is 0 Å². The minimum Gasteiger partial charge on any atom is -0.370 e. The van der Waals surface area contributed by atoms with Crippen molar-refractivity contribution in [1.29, 1.82) is 0 Å². The van der Waals surface area contributed by atoms with Crippen LogP contribution in [0.3, 0.4) is 0 Å². The predicted octanol–water partition coefficient (Wildman–Crippen LogP) is 2.15. The van der Waals surface area contributed by atoms with Crippen LogP contribution >= 0.6 is 0 Å². The Morgan fingerprint density at radius 2 is 2.12 bits per heavy atom. The average molecular weight is 236 g/mol. The highest BCUT2D eigenvalue weighted by Gasteiger charge is 2.31. The van der Waals surface area contributed by atoms with Crippen LogP contribution in [0.1, 0.15) is 62.3 Å². The Morgan fingerprint density at radius 3 is 2.88 bits per heavy atom. The number of carbonyl (C=O) groups excluding carboxylic acids is 1. The number of Topliss-reactive ketones (excluding diaryl/α,β-unsaturated/α-hetero) is 1. The lowest BCUT2D eigenvalue weighted by atomic mass is 9.88. The van der Waals surface area contributed by atoms with E-state index in [1.54, 1.807) is 0 Å². The van der Waals surface area contributed by atoms with Gasteiger partial charge in [-0.1, -0.05) is 11.6 Å². The molecule has 92 valence electrons. The van der Waals surface area contributed by atoms with Crippen LogP contribution in [0.4, 0.5) is 0 Å². The van der Waals surface area contributed by atoms with Crippen molar-refractivity contribution in [3.8, 4) is 0 Å². The summed E-state index contributed by atoms with van der Waals surface area (Å²) in [5.74, 6) is 1.15. The second-order valence-corrected chi connectivity index (χ2v) is 4.76. The minimum atomic E-state index is -0.175. The fourth-order valence-electron chi connectivity index (χ4n) is 2.54. The molecule has 0 spiro atoms. The summed E-state index contributed by atoms with van der Waals surface area (Å²) in [6, 6.07) is 0. The van der Waals surface area contributed by atoms with Crippen molar-refractivity contribution in [3.05, 3.63) is 11.7 Å². The van der Waals surface area contributed by atoms with Gasteiger partial charge in [-0.2, -0.15) is 4.98 Å². The molecule has 1 aromatic heterocycles. The molecule has 0 N–H and O–H groups in total. The summed E-state index contributed by atoms with van der Waals surface area (Å²) in [6.45, 7) is 0.761. The third-order valence-corrected chi connectivity index (χ3v) is 3.53. The molecule has 1 saturated carbocycles. The van der Waals surface area contributed by atoms with Gasteiger partial charge in [-0.3, -0.25) is 4.79 Å². The zero-order valence-electron chi connectivity index (χ0n) is 9.72. The van der Waals surface area contributed by atoms with Gasteiger partial charge in [0.2, 0.25) is 11.7 Å². The first-order chi connectivity index (χ1) is 8.34. The van der Waals surface area contributed by atoms with E-state index in [4.69, 9.17) is 9.26 Å². The SMILES string of the molecule is O=C1CCCCC1c1nc(C2CCCO2)no1. The molecule has 0 aromatic carbocycles. The maximum Gasteiger partial charge on any atom is 0.237 e. The van der Waals surface area contributed by atoms with Gasteiger partial charge in [0.25, 0.3) is 0 Å². The van der Waals surface area contributed by atoms with Crippen LogP contribution < -0.4 is 0 Å². The van der Waals surface area contributed by atoms with Crippen LogP contribution in [0.25, 0.3) is 0 Å². The molecule has 0 amide bonds. The maximum absolute atomic E-state index is 11.8. The fraction of sp³-hybridized carbons (Fsp3) is 0.750. The lowest BCUT2D eigenvalue weighted by Crippen LogP contribution is -2.17. The normalized spacial score (nSPS) is 29.8. The van der Waals surface area contributed by atoms with Gasteiger partial charge in [0.1, 0.15) is 11.9 Å². The summed E-state index contributed by atoms with van der Waals surface area (Å²) < 4.78 is 10.7. The molecule has 0 radical (unpaired) electrons. The zero-order valence-corrected chi connectivity index (χ0v) is 9.72. The molecule has 1 aliphatic carbocycles. The fourth-order valence-corrected chi connectivity index (χ4v) is 2.54. The van der Waals surface area contributed by atoms with Crippen molar-refractivity contribution in [2.75, 3.05) is 6.61 Å². The smallest absolute Gasteiger partial charge is 0.237 e. The molecule has 5 heteroatoms. The van der Waals surface area contributed by atoms with Gasteiger partial charge in [0, 0.05) is 13.0 Å². The lowest BCUT2D eigenvalue weighted by Gasteiger charge is -2.16. The van der Waals surface area contributed by atoms with E-state index in [2.05, 4.69) is 10.1 Å². The Balaban J connectivity index is 1.76. The molecular formula is C12H16N2O3. The number of aromatic nitrogens is 2. The number of hydrogen-bond acceptors (Lipinski definition) is 5. The van der Waals surface area contributed by atoms with Crippen LogP contribution in [0.2, 0.25) is 0 Å². The first kappa shape index (κ1) is 10.9. The lowest BCUT2D eigenvalue weighted by molar-refractivity contribution is -0.122. The first-order valence-corrected chi connectivity index (χ1v) is 6.32. The number of hydrogen-bond donors (Lipinski definition) is 0. The minimum absolute atomic E-state index is 0.0359. The Morgan fingerprint density at radius 1 is 1.18 bits per heavy atom. The van der Waals surface area contributed by atoms with Crippen molar-refractivity contribution in [2.24, 2.45) is 0 Å². The Bertz CT molecular complexity index is 410. The molecule has 2 heterocycles. The van der Waals surface area contributed by atoms with E-state index in [-0.39, 0.29) is 17.8 Å². The number of nitrogens with zero attached hydrogens (tertiary/aromatic N) is 2. The molecule has 2 atom stereocenters.